The minimum Gasteiger partial charge on any atom is -1.00 e. The van der Waals surface area contributed by atoms with E-state index in [9.17, 15) is 51.4 Å². The fourth-order valence-electron chi connectivity index (χ4n) is 12.0. The molecule has 29 nitrogen and oxygen atoms in total. The Morgan fingerprint density at radius 3 is 1.07 bits per heavy atom. The maximum absolute atomic E-state index is 11.9. The van der Waals surface area contributed by atoms with Crippen LogP contribution in [0.4, 0.5) is 0 Å². The normalized spacial score (nSPS) is 12.0. The number of aryl methyl sites for hydroxylation is 11. The average Bonchev–Trinajstić information content (AvgIpc) is 1.64. The van der Waals surface area contributed by atoms with Gasteiger partial charge in [-0.1, -0.05) is 146 Å². The smallest absolute Gasteiger partial charge is 1.00 e. The molecule has 0 bridgehead atoms. The molecule has 5 N–H and O–H groups in total. The van der Waals surface area contributed by atoms with E-state index in [1.54, 1.807) is 67.6 Å². The van der Waals surface area contributed by atoms with Crippen LogP contribution in [0.25, 0.3) is 0 Å². The third-order valence-electron chi connectivity index (χ3n) is 20.3. The number of sulfone groups is 4. The van der Waals surface area contributed by atoms with Crippen LogP contribution in [-0.2, 0) is 149 Å². The summed E-state index contributed by atoms with van der Waals surface area (Å²) in [5.74, 6) is 2.74. The molecular weight excluding hydrogens is 2420 g/mol. The topological polar surface area (TPSA) is 477 Å². The standard InChI is InChI=1S/C25H35NO3S.C24H33NO4S.C9H10Br2O2S.C9H12O2S.C8H10O3S.C8H10O2S.C8H10.C2H4Cl2.CHCl3.CH2O3.BHNS.ClHO3S.2K.3Na.O3S.H2O.H/c1-18-8-9-19(14-23(18)29-24(2,3)4)12-13-25(5,6)26-16-20-10-11-22(30(7,27)28)15-21(20)17-26;1-23(2,3)29-22-13-17(7-10-21(22)26)11-12-24(4,5)25-15-18-8-9-20(30(6,27)28)14-19(18)16-25;1-14(12,13)9-3-2-7(5-10)8(4-9)6-11;1-7-4-5-9(6-8(7)2)12(3,10)11;1-6-3-4-8(5-7(6)2)12(9,10)11;1-6-3-4-8(11(9)10)5-7(6)2;1-7-5-3-4-6-8(7)2;3-1-2-4;2-1(3)4;2-1-4-3;1-2-3;1-5(2,3)4;;;;;;1-4(2)3;;/h8-11,14-15H,12-13,16-17H2,1-7H3;7-10,13-14,26H,11-12,15-16H2,1-6H3;2-4H,5-6H2,1H3;4-6H,1-3H3;3-5H,1-2H3,(H,9,10,11);3-5H,1-2H3,(H,9,10);3-6H,1-2H3;1-2H2;1H;1,3H;3H;(H,2,3,4);;;;;;;1H2;/q;;;;;;;;;;;;5*+1;-2;;-1/p-2. The van der Waals surface area contributed by atoms with Crippen LogP contribution in [0.15, 0.2) is 204 Å². The van der Waals surface area contributed by atoms with Gasteiger partial charge < -0.3 is 49.2 Å². The number of aromatic hydroxyl groups is 1. The molecule has 2 aliphatic rings. The Morgan fingerprint density at radius 1 is 0.490 bits per heavy atom. The minimum atomic E-state index is -4.19. The number of thiol groups is 1. The predicted molar refractivity (Wildman–Crippen MR) is 580 cm³/mol. The zero-order valence-corrected chi connectivity index (χ0v) is 116. The first-order chi connectivity index (χ1) is 64.4. The van der Waals surface area contributed by atoms with Gasteiger partial charge in [-0.05, 0) is 343 Å². The molecule has 1 atom stereocenters. The SMILES string of the molecule is CC(C)(C)Oc1cc(CCC(C)(C)N2Cc3ccc(S(C)(=O)=O)cc3C2)ccc1O.CS(=O)(=O)c1ccc(CBr)c(CBr)c1.Cc1ccc(CCC(C)(C)N2Cc3ccc(S(C)(=O)=O)cc3C2)cc1OC(C)(C)C.Cc1ccc(S(=O)(=O)O)cc1C.Cc1ccc(S(=O)O)cc1C.Cc1ccc(S(C)(=O)=O)cc1C.Cc1ccccc1C.ClC(Cl)Cl.ClCCCl.O=CO[O-].O=S(=O)(O)Cl.O=[S-](=O)[O-].[B]=NS.[H-].[K+].[K+].[Na+].[Na+].[Na+].[OH-]. The molecule has 0 amide bonds. The van der Waals surface area contributed by atoms with Crippen molar-refractivity contribution in [2.24, 2.45) is 4.30 Å². The van der Waals surface area contributed by atoms with Crippen molar-refractivity contribution in [3.8, 4) is 17.2 Å². The van der Waals surface area contributed by atoms with Crippen LogP contribution in [0.3, 0.4) is 0 Å². The van der Waals surface area contributed by atoms with Crippen LogP contribution in [0.2, 0.25) is 0 Å². The predicted octanol–water partition coefficient (Wildman–Crippen LogP) is 6.81. The Kier molecular flexibility index (Phi) is 87.1. The third kappa shape index (κ3) is 72.4. The number of carbonyl (C=O) groups is 1. The first kappa shape index (κ1) is 163. The van der Waals surface area contributed by atoms with E-state index in [0.29, 0.717) is 47.3 Å². The van der Waals surface area contributed by atoms with Crippen molar-refractivity contribution in [3.05, 3.63) is 264 Å². The zero-order chi connectivity index (χ0) is 110. The van der Waals surface area contributed by atoms with Gasteiger partial charge in [-0.3, -0.25) is 23.7 Å². The quantitative estimate of drug-likeness (QED) is 0.00500. The number of alkyl halides is 7. The molecule has 0 saturated carbocycles. The number of benzene rings is 9. The van der Waals surface area contributed by atoms with Gasteiger partial charge in [0.25, 0.3) is 16.6 Å². The molecule has 11 rings (SSSR count). The number of rotatable bonds is 20. The summed E-state index contributed by atoms with van der Waals surface area (Å²) in [5.41, 5.74) is 18.6. The Morgan fingerprint density at radius 2 is 0.769 bits per heavy atom. The Hall–Kier alpha value is 0.518. The molecule has 2 aliphatic heterocycles. The van der Waals surface area contributed by atoms with Crippen LogP contribution in [0, 0.1) is 62.3 Å². The molecule has 9 aromatic rings. The van der Waals surface area contributed by atoms with Crippen LogP contribution < -0.4 is 206 Å². The maximum Gasteiger partial charge on any atom is 1.00 e. The fraction of sp³-hybridized carbons (Fsp3) is 0.421. The van der Waals surface area contributed by atoms with Crippen molar-refractivity contribution >= 4 is 208 Å². The van der Waals surface area contributed by atoms with Crippen LogP contribution >= 0.6 is 113 Å². The number of phenols is 1. The number of halogens is 8. The summed E-state index contributed by atoms with van der Waals surface area (Å²) in [4.78, 5) is 18.1. The van der Waals surface area contributed by atoms with Crippen molar-refractivity contribution in [2.75, 3.05) is 36.8 Å². The van der Waals surface area contributed by atoms with E-state index >= 15 is 0 Å². The molecule has 147 heavy (non-hydrogen) atoms. The molecule has 0 fully saturated rings. The summed E-state index contributed by atoms with van der Waals surface area (Å²) in [7, 11) is -15.5. The minimum absolute atomic E-state index is 0. The Balaban J connectivity index is -0.000000216. The van der Waals surface area contributed by atoms with Gasteiger partial charge in [0.05, 0.1) is 29.4 Å². The largest absolute Gasteiger partial charge is 1.00 e. The molecular formula is C95H130BBr2Cl6K2N3Na3O26S9. The number of phenolic OH excluding ortho intramolecular Hbond substituents is 1. The van der Waals surface area contributed by atoms with Crippen molar-refractivity contribution in [1.82, 2.24) is 9.80 Å². The van der Waals surface area contributed by atoms with Crippen LogP contribution in [-0.4, -0.2) is 171 Å². The Labute approximate surface area is 1080 Å². The number of carbonyl (C=O) groups excluding carboxylic acids is 1. The molecule has 0 saturated heterocycles. The fourth-order valence-corrected chi connectivity index (χ4v) is 16.9. The summed E-state index contributed by atoms with van der Waals surface area (Å²) < 4.78 is 206. The summed E-state index contributed by atoms with van der Waals surface area (Å²) >= 11 is 32.6. The Bertz CT molecular complexity index is 6120. The molecule has 1 unspecified atom stereocenters. The van der Waals surface area contributed by atoms with Gasteiger partial charge in [0.15, 0.2) is 66.2 Å². The van der Waals surface area contributed by atoms with E-state index in [1.807, 2.05) is 110 Å². The van der Waals surface area contributed by atoms with Crippen LogP contribution in [0.5, 0.6) is 17.2 Å². The van der Waals surface area contributed by atoms with E-state index in [1.165, 1.54) is 65.0 Å². The van der Waals surface area contributed by atoms with Gasteiger partial charge in [-0.15, -0.1) is 23.2 Å². The molecule has 0 aliphatic carbocycles. The van der Waals surface area contributed by atoms with E-state index in [4.69, 9.17) is 113 Å². The number of fused-ring (bicyclic) bond motifs is 2. The van der Waals surface area contributed by atoms with Crippen molar-refractivity contribution in [3.63, 3.8) is 0 Å². The zero-order valence-electron chi connectivity index (χ0n) is 89.3. The summed E-state index contributed by atoms with van der Waals surface area (Å²) in [6.07, 6.45) is 8.72. The molecule has 9 aromatic carbocycles. The second-order valence-corrected chi connectivity index (χ2v) is 51.9. The van der Waals surface area contributed by atoms with Gasteiger partial charge >= 0.3 is 226 Å². The second-order valence-electron chi connectivity index (χ2n) is 34.9. The van der Waals surface area contributed by atoms with Gasteiger partial charge in [0, 0.05) is 95.4 Å². The van der Waals surface area contributed by atoms with Gasteiger partial charge in [-0.25, -0.2) is 37.9 Å². The monoisotopic (exact) mass is 2540 g/mol. The number of hydrogen-bond donors (Lipinski definition) is 5. The van der Waals surface area contributed by atoms with E-state index in [2.05, 4.69) is 194 Å². The molecule has 799 valence electrons. The maximum atomic E-state index is 11.9. The summed E-state index contributed by atoms with van der Waals surface area (Å²) in [6, 6.07) is 51.5. The van der Waals surface area contributed by atoms with Crippen molar-refractivity contribution in [2.45, 2.75) is 250 Å². The van der Waals surface area contributed by atoms with E-state index in [-0.39, 0.29) is 238 Å². The van der Waals surface area contributed by atoms with E-state index in [0.717, 1.165) is 130 Å². The van der Waals surface area contributed by atoms with Crippen molar-refractivity contribution in [1.29, 1.82) is 0 Å². The van der Waals surface area contributed by atoms with E-state index < -0.39 is 85.2 Å². The van der Waals surface area contributed by atoms with Gasteiger partial charge in [0.1, 0.15) is 17.0 Å². The molecule has 0 spiro atoms. The van der Waals surface area contributed by atoms with Gasteiger partial charge in [-0.2, -0.15) is 27.8 Å². The molecule has 52 heteroatoms. The second kappa shape index (κ2) is 78.7. The van der Waals surface area contributed by atoms with Crippen LogP contribution in [0.1, 0.15) is 178 Å². The summed E-state index contributed by atoms with van der Waals surface area (Å²) in [5, 5.41) is 19.9. The number of nitrogens with zero attached hydrogens (tertiary/aromatic N) is 3. The van der Waals surface area contributed by atoms with Gasteiger partial charge in [0.2, 0.25) is 0 Å². The molecule has 0 aromatic heterocycles. The average molecular weight is 2550 g/mol. The van der Waals surface area contributed by atoms with Crippen molar-refractivity contribution < 1.29 is 309 Å². The molecule has 2 heterocycles. The first-order valence-electron chi connectivity index (χ1n) is 42.1. The third-order valence-corrected chi connectivity index (χ3v) is 28.0. The number of hydrogen-bond acceptors (Lipinski definition) is 28. The number of ether oxygens (including phenoxy) is 2. The molecule has 1 radical (unpaired) electrons. The first-order valence-corrected chi connectivity index (χ1v) is 60.5. The summed E-state index contributed by atoms with van der Waals surface area (Å²) in [6.45, 7) is 41.9.